The molecular weight excluding hydrogens is 443 g/mol. The number of hydrogen-bond donors (Lipinski definition) is 1. The molecular formula is C23H22F3NO4S. The quantitative estimate of drug-likeness (QED) is 0.439. The molecule has 0 saturated heterocycles. The molecule has 5 nitrogen and oxygen atoms in total. The van der Waals surface area contributed by atoms with E-state index in [0.29, 0.717) is 35.0 Å². The maximum absolute atomic E-state index is 13.6. The van der Waals surface area contributed by atoms with Crippen LogP contribution in [0.25, 0.3) is 11.3 Å². The number of benzene rings is 2. The van der Waals surface area contributed by atoms with Crippen LogP contribution in [-0.2, 0) is 24.0 Å². The van der Waals surface area contributed by atoms with Crippen molar-refractivity contribution in [1.29, 1.82) is 0 Å². The number of rotatable bonds is 8. The van der Waals surface area contributed by atoms with E-state index in [1.807, 2.05) is 6.92 Å². The molecule has 0 amide bonds. The third kappa shape index (κ3) is 5.21. The maximum Gasteiger partial charge on any atom is 0.427 e. The molecule has 9 heteroatoms. The second-order valence-electron chi connectivity index (χ2n) is 7.22. The molecule has 0 unspecified atom stereocenters. The molecule has 0 aliphatic rings. The van der Waals surface area contributed by atoms with Crippen LogP contribution in [0.5, 0.6) is 11.5 Å². The molecule has 0 bridgehead atoms. The van der Waals surface area contributed by atoms with Gasteiger partial charge in [0.15, 0.2) is 0 Å². The third-order valence-corrected chi connectivity index (χ3v) is 6.15. The van der Waals surface area contributed by atoms with E-state index in [1.54, 1.807) is 43.3 Å². The highest BCUT2D eigenvalue weighted by Gasteiger charge is 2.38. The second-order valence-corrected chi connectivity index (χ2v) is 8.00. The number of carboxylic acids is 1. The van der Waals surface area contributed by atoms with Crippen molar-refractivity contribution in [3.8, 4) is 22.8 Å². The molecule has 1 aromatic heterocycles. The molecule has 0 radical (unpaired) electrons. The number of ether oxygens (including phenoxy) is 2. The van der Waals surface area contributed by atoms with Crippen LogP contribution >= 0.6 is 11.5 Å². The number of carboxylic acid groups (broad SMARTS) is 1. The molecule has 0 fully saturated rings. The number of aromatic nitrogens is 1. The van der Waals surface area contributed by atoms with Crippen LogP contribution in [-0.4, -0.2) is 22.6 Å². The summed E-state index contributed by atoms with van der Waals surface area (Å²) < 4.78 is 56.0. The van der Waals surface area contributed by atoms with Gasteiger partial charge in [-0.3, -0.25) is 4.79 Å². The van der Waals surface area contributed by atoms with Crippen molar-refractivity contribution in [3.05, 3.63) is 63.5 Å². The van der Waals surface area contributed by atoms with Crippen LogP contribution in [0.15, 0.2) is 36.4 Å². The summed E-state index contributed by atoms with van der Waals surface area (Å²) in [6.45, 7) is 3.33. The first-order valence-electron chi connectivity index (χ1n) is 9.75. The zero-order valence-electron chi connectivity index (χ0n) is 17.7. The summed E-state index contributed by atoms with van der Waals surface area (Å²) in [5, 5.41) is 8.89. The van der Waals surface area contributed by atoms with E-state index in [2.05, 4.69) is 4.37 Å². The van der Waals surface area contributed by atoms with Gasteiger partial charge in [-0.1, -0.05) is 18.2 Å². The van der Waals surface area contributed by atoms with Crippen molar-refractivity contribution >= 4 is 17.5 Å². The monoisotopic (exact) mass is 465 g/mol. The van der Waals surface area contributed by atoms with Crippen LogP contribution in [0.4, 0.5) is 13.2 Å². The van der Waals surface area contributed by atoms with E-state index in [1.165, 1.54) is 7.11 Å². The van der Waals surface area contributed by atoms with E-state index in [9.17, 15) is 18.0 Å². The molecule has 32 heavy (non-hydrogen) atoms. The van der Waals surface area contributed by atoms with Gasteiger partial charge in [-0.25, -0.2) is 0 Å². The molecule has 0 saturated carbocycles. The molecule has 3 aromatic rings. The number of carbonyl (C=O) groups is 1. The van der Waals surface area contributed by atoms with E-state index in [4.69, 9.17) is 14.6 Å². The normalized spacial score (nSPS) is 11.4. The minimum atomic E-state index is -4.56. The molecule has 1 heterocycles. The topological polar surface area (TPSA) is 68.7 Å². The fraction of sp³-hybridized carbons (Fsp3) is 0.304. The minimum Gasteiger partial charge on any atom is -0.497 e. The number of aryl methyl sites for hydroxylation is 1. The zero-order chi connectivity index (χ0) is 23.5. The average Bonchev–Trinajstić information content (AvgIpc) is 3.18. The highest BCUT2D eigenvalue weighted by molar-refractivity contribution is 7.06. The maximum atomic E-state index is 13.6. The smallest absolute Gasteiger partial charge is 0.427 e. The minimum absolute atomic E-state index is 0.000101. The van der Waals surface area contributed by atoms with Crippen molar-refractivity contribution in [1.82, 2.24) is 4.37 Å². The predicted octanol–water partition coefficient (Wildman–Crippen LogP) is 6.05. The Morgan fingerprint density at radius 2 is 1.91 bits per heavy atom. The Balaban J connectivity index is 1.92. The molecule has 170 valence electrons. The summed E-state index contributed by atoms with van der Waals surface area (Å²) in [4.78, 5) is 10.0. The fourth-order valence-corrected chi connectivity index (χ4v) is 4.10. The molecule has 3 rings (SSSR count). The van der Waals surface area contributed by atoms with Gasteiger partial charge in [-0.05, 0) is 66.7 Å². The number of hydrogen-bond acceptors (Lipinski definition) is 5. The number of methoxy groups -OCH3 is 1. The van der Waals surface area contributed by atoms with Gasteiger partial charge in [0.2, 0.25) is 0 Å². The first kappa shape index (κ1) is 23.6. The summed E-state index contributed by atoms with van der Waals surface area (Å²) >= 11 is 0.394. The van der Waals surface area contributed by atoms with Gasteiger partial charge in [0.25, 0.3) is 0 Å². The molecule has 0 aliphatic heterocycles. The fourth-order valence-electron chi connectivity index (χ4n) is 3.33. The van der Waals surface area contributed by atoms with Crippen molar-refractivity contribution in [2.24, 2.45) is 0 Å². The Bertz CT molecular complexity index is 1120. The van der Waals surface area contributed by atoms with Crippen LogP contribution in [0.3, 0.4) is 0 Å². The molecule has 0 spiro atoms. The Hall–Kier alpha value is -3.07. The third-order valence-electron chi connectivity index (χ3n) is 5.22. The van der Waals surface area contributed by atoms with Gasteiger partial charge in [0.1, 0.15) is 23.0 Å². The van der Waals surface area contributed by atoms with Gasteiger partial charge in [-0.15, -0.1) is 0 Å². The Kier molecular flexibility index (Phi) is 7.08. The first-order chi connectivity index (χ1) is 15.1. The lowest BCUT2D eigenvalue weighted by atomic mass is 9.99. The highest BCUT2D eigenvalue weighted by Crippen LogP contribution is 2.41. The first-order valence-corrected chi connectivity index (χ1v) is 10.5. The number of halogens is 3. The highest BCUT2D eigenvalue weighted by atomic mass is 32.1. The molecule has 1 N–H and O–H groups in total. The number of alkyl halides is 3. The van der Waals surface area contributed by atoms with Crippen molar-refractivity contribution in [2.75, 3.05) is 7.11 Å². The van der Waals surface area contributed by atoms with Gasteiger partial charge in [0, 0.05) is 17.5 Å². The lowest BCUT2D eigenvalue weighted by molar-refractivity contribution is -0.137. The van der Waals surface area contributed by atoms with Gasteiger partial charge in [-0.2, -0.15) is 17.5 Å². The van der Waals surface area contributed by atoms with Gasteiger partial charge in [0.05, 0.1) is 12.8 Å². The van der Waals surface area contributed by atoms with E-state index in [0.717, 1.165) is 16.7 Å². The van der Waals surface area contributed by atoms with E-state index < -0.39 is 17.0 Å². The van der Waals surface area contributed by atoms with E-state index >= 15 is 0 Å². The molecule has 2 aromatic carbocycles. The summed E-state index contributed by atoms with van der Waals surface area (Å²) in [7, 11) is 1.48. The van der Waals surface area contributed by atoms with Gasteiger partial charge >= 0.3 is 12.1 Å². The Morgan fingerprint density at radius 3 is 2.56 bits per heavy atom. The lowest BCUT2D eigenvalue weighted by Crippen LogP contribution is -2.09. The lowest BCUT2D eigenvalue weighted by Gasteiger charge is -2.15. The SMILES string of the molecule is COc1cccc(-c2nsc(C(F)(F)F)c2COc2ccc(CCC(=O)O)c(C)c2C)c1. The average molecular weight is 465 g/mol. The summed E-state index contributed by atoms with van der Waals surface area (Å²) in [5.41, 5.74) is 3.15. The predicted molar refractivity (Wildman–Crippen MR) is 115 cm³/mol. The van der Waals surface area contributed by atoms with Gasteiger partial charge < -0.3 is 14.6 Å². The zero-order valence-corrected chi connectivity index (χ0v) is 18.6. The summed E-state index contributed by atoms with van der Waals surface area (Å²) in [6, 6.07) is 10.1. The summed E-state index contributed by atoms with van der Waals surface area (Å²) in [5.74, 6) is 0.0638. The number of nitrogens with zero attached hydrogens (tertiary/aromatic N) is 1. The Labute approximate surface area is 187 Å². The molecule has 0 atom stereocenters. The van der Waals surface area contributed by atoms with Crippen molar-refractivity contribution in [2.45, 2.75) is 39.5 Å². The van der Waals surface area contributed by atoms with Crippen molar-refractivity contribution in [3.63, 3.8) is 0 Å². The second kappa shape index (κ2) is 9.60. The van der Waals surface area contributed by atoms with Crippen LogP contribution in [0.2, 0.25) is 0 Å². The largest absolute Gasteiger partial charge is 0.497 e. The van der Waals surface area contributed by atoms with Crippen LogP contribution in [0.1, 0.15) is 33.6 Å². The standard InChI is InChI=1S/C23H22F3NO4S/c1-13-14(2)19(9-7-15(13)8-10-20(28)29)31-12-18-21(27-32-22(18)23(24,25)26)16-5-4-6-17(11-16)30-3/h4-7,9,11H,8,10,12H2,1-3H3,(H,28,29). The number of aliphatic carboxylic acids is 1. The Morgan fingerprint density at radius 1 is 1.16 bits per heavy atom. The molecule has 0 aliphatic carbocycles. The van der Waals surface area contributed by atoms with Crippen molar-refractivity contribution < 1.29 is 32.5 Å². The van der Waals surface area contributed by atoms with Crippen LogP contribution < -0.4 is 9.47 Å². The van der Waals surface area contributed by atoms with E-state index in [-0.39, 0.29) is 24.3 Å². The summed E-state index contributed by atoms with van der Waals surface area (Å²) in [6.07, 6.45) is -4.19. The van der Waals surface area contributed by atoms with Crippen LogP contribution in [0, 0.1) is 13.8 Å².